The van der Waals surface area contributed by atoms with Gasteiger partial charge < -0.3 is 9.88 Å². The van der Waals surface area contributed by atoms with Gasteiger partial charge in [0, 0.05) is 25.6 Å². The average Bonchev–Trinajstić information content (AvgIpc) is 3.06. The van der Waals surface area contributed by atoms with Crippen LogP contribution in [0.2, 0.25) is 0 Å². The van der Waals surface area contributed by atoms with Crippen LogP contribution in [0.15, 0.2) is 11.2 Å². The van der Waals surface area contributed by atoms with Crippen LogP contribution in [-0.2, 0) is 16.4 Å². The summed E-state index contributed by atoms with van der Waals surface area (Å²) in [5.74, 6) is 0.686. The molecular weight excluding hydrogens is 252 g/mol. The molecule has 7 heteroatoms. The highest BCUT2D eigenvalue weighted by Crippen LogP contribution is 2.24. The molecule has 0 radical (unpaired) electrons. The Kier molecular flexibility index (Phi) is 4.04. The molecule has 1 saturated carbocycles. The van der Waals surface area contributed by atoms with Crippen molar-refractivity contribution in [2.24, 2.45) is 0 Å². The van der Waals surface area contributed by atoms with Crippen molar-refractivity contribution >= 4 is 10.0 Å². The molecule has 0 unspecified atom stereocenters. The Morgan fingerprint density at radius 1 is 1.56 bits per heavy atom. The highest BCUT2D eigenvalue weighted by atomic mass is 32.2. The zero-order chi connectivity index (χ0) is 13.2. The lowest BCUT2D eigenvalue weighted by molar-refractivity contribution is 0.329. The third kappa shape index (κ3) is 3.30. The number of imidazole rings is 1. The third-order valence-corrected chi connectivity index (χ3v) is 4.53. The summed E-state index contributed by atoms with van der Waals surface area (Å²) in [6.45, 7) is 3.09. The van der Waals surface area contributed by atoms with Crippen LogP contribution in [0.5, 0.6) is 0 Å². The Morgan fingerprint density at radius 2 is 2.28 bits per heavy atom. The largest absolute Gasteiger partial charge is 0.332 e. The Labute approximate surface area is 108 Å². The Bertz CT molecular complexity index is 493. The minimum absolute atomic E-state index is 0.147. The van der Waals surface area contributed by atoms with E-state index in [4.69, 9.17) is 0 Å². The normalized spacial score (nSPS) is 16.4. The molecule has 0 amide bonds. The van der Waals surface area contributed by atoms with Crippen molar-refractivity contribution in [3.8, 4) is 0 Å². The number of H-pyrrole nitrogens is 1. The molecule has 1 aromatic rings. The maximum atomic E-state index is 11.9. The van der Waals surface area contributed by atoms with Crippen molar-refractivity contribution in [3.05, 3.63) is 12.0 Å². The minimum atomic E-state index is -3.45. The lowest BCUT2D eigenvalue weighted by Crippen LogP contribution is -2.34. The lowest BCUT2D eigenvalue weighted by Gasteiger charge is -2.15. The van der Waals surface area contributed by atoms with Gasteiger partial charge in [0.05, 0.1) is 6.20 Å². The van der Waals surface area contributed by atoms with Gasteiger partial charge in [0.15, 0.2) is 5.03 Å². The first kappa shape index (κ1) is 13.5. The summed E-state index contributed by atoms with van der Waals surface area (Å²) in [6, 6.07) is 0.647. The number of likely N-dealkylation sites (N-methyl/N-ethyl adjacent to an activating group) is 1. The molecule has 18 heavy (non-hydrogen) atoms. The molecule has 0 aromatic carbocycles. The molecule has 6 nitrogen and oxygen atoms in total. The van der Waals surface area contributed by atoms with Gasteiger partial charge in [-0.15, -0.1) is 0 Å². The van der Waals surface area contributed by atoms with Crippen molar-refractivity contribution in [1.29, 1.82) is 0 Å². The number of aromatic amines is 1. The van der Waals surface area contributed by atoms with E-state index in [1.54, 1.807) is 0 Å². The number of aryl methyl sites for hydroxylation is 1. The maximum absolute atomic E-state index is 11.9. The van der Waals surface area contributed by atoms with Gasteiger partial charge in [-0.2, -0.15) is 0 Å². The summed E-state index contributed by atoms with van der Waals surface area (Å²) in [5.41, 5.74) is 0. The number of nitrogens with zero attached hydrogens (tertiary/aromatic N) is 2. The van der Waals surface area contributed by atoms with Crippen LogP contribution in [0.4, 0.5) is 0 Å². The molecule has 2 rings (SSSR count). The van der Waals surface area contributed by atoms with Crippen LogP contribution in [-0.4, -0.2) is 49.5 Å². The molecule has 0 saturated heterocycles. The van der Waals surface area contributed by atoms with Crippen LogP contribution in [0, 0.1) is 0 Å². The Balaban J connectivity index is 1.86. The zero-order valence-corrected chi connectivity index (χ0v) is 11.6. The van der Waals surface area contributed by atoms with Gasteiger partial charge in [0.25, 0.3) is 10.0 Å². The summed E-state index contributed by atoms with van der Waals surface area (Å²) in [7, 11) is -1.42. The van der Waals surface area contributed by atoms with Crippen LogP contribution in [0.1, 0.15) is 25.6 Å². The Hall–Kier alpha value is -0.920. The quantitative estimate of drug-likeness (QED) is 0.750. The molecule has 1 aliphatic carbocycles. The first-order valence-electron chi connectivity index (χ1n) is 6.26. The number of hydrogen-bond donors (Lipinski definition) is 2. The second-order valence-electron chi connectivity index (χ2n) is 4.66. The molecule has 1 fully saturated rings. The van der Waals surface area contributed by atoms with Crippen molar-refractivity contribution in [3.63, 3.8) is 0 Å². The molecular formula is C11H20N4O2S. The standard InChI is InChI=1S/C11H20N4O2S/c1-3-10-12-8-11(14-10)18(16,17)13-6-7-15(2)9-4-5-9/h8-9,13H,3-7H2,1-2H3,(H,12,14). The fraction of sp³-hybridized carbons (Fsp3) is 0.727. The second-order valence-corrected chi connectivity index (χ2v) is 6.39. The van der Waals surface area contributed by atoms with E-state index < -0.39 is 10.0 Å². The van der Waals surface area contributed by atoms with E-state index in [0.717, 1.165) is 6.54 Å². The predicted molar refractivity (Wildman–Crippen MR) is 68.8 cm³/mol. The first-order valence-corrected chi connectivity index (χ1v) is 7.75. The van der Waals surface area contributed by atoms with Crippen molar-refractivity contribution in [2.45, 2.75) is 37.3 Å². The van der Waals surface area contributed by atoms with E-state index in [1.165, 1.54) is 19.0 Å². The lowest BCUT2D eigenvalue weighted by atomic mass is 10.5. The van der Waals surface area contributed by atoms with Crippen LogP contribution >= 0.6 is 0 Å². The van der Waals surface area contributed by atoms with Gasteiger partial charge in [-0.25, -0.2) is 18.1 Å². The van der Waals surface area contributed by atoms with Gasteiger partial charge in [-0.05, 0) is 19.9 Å². The second kappa shape index (κ2) is 5.38. The fourth-order valence-electron chi connectivity index (χ4n) is 1.79. The summed E-state index contributed by atoms with van der Waals surface area (Å²) in [5, 5.41) is 0.147. The summed E-state index contributed by atoms with van der Waals surface area (Å²) in [4.78, 5) is 8.99. The van der Waals surface area contributed by atoms with E-state index in [-0.39, 0.29) is 5.03 Å². The molecule has 0 bridgehead atoms. The molecule has 102 valence electrons. The van der Waals surface area contributed by atoms with E-state index >= 15 is 0 Å². The fourth-order valence-corrected chi connectivity index (χ4v) is 2.75. The summed E-state index contributed by atoms with van der Waals surface area (Å²) in [6.07, 6.45) is 4.51. The van der Waals surface area contributed by atoms with E-state index in [9.17, 15) is 8.42 Å². The first-order chi connectivity index (χ1) is 8.53. The SMILES string of the molecule is CCc1ncc(S(=O)(=O)NCCN(C)C2CC2)[nH]1. The molecule has 0 spiro atoms. The third-order valence-electron chi connectivity index (χ3n) is 3.16. The van der Waals surface area contributed by atoms with Gasteiger partial charge in [0.1, 0.15) is 5.82 Å². The number of nitrogens with one attached hydrogen (secondary N) is 2. The molecule has 1 aromatic heterocycles. The summed E-state index contributed by atoms with van der Waals surface area (Å²) >= 11 is 0. The highest BCUT2D eigenvalue weighted by molar-refractivity contribution is 7.89. The van der Waals surface area contributed by atoms with E-state index in [1.807, 2.05) is 14.0 Å². The zero-order valence-electron chi connectivity index (χ0n) is 10.8. The van der Waals surface area contributed by atoms with Crippen molar-refractivity contribution in [2.75, 3.05) is 20.1 Å². The molecule has 2 N–H and O–H groups in total. The molecule has 0 atom stereocenters. The topological polar surface area (TPSA) is 78.1 Å². The van der Waals surface area contributed by atoms with E-state index in [0.29, 0.717) is 24.8 Å². The van der Waals surface area contributed by atoms with E-state index in [2.05, 4.69) is 19.6 Å². The molecule has 1 heterocycles. The van der Waals surface area contributed by atoms with Crippen molar-refractivity contribution in [1.82, 2.24) is 19.6 Å². The molecule has 0 aliphatic heterocycles. The number of hydrogen-bond acceptors (Lipinski definition) is 4. The van der Waals surface area contributed by atoms with Crippen LogP contribution < -0.4 is 4.72 Å². The monoisotopic (exact) mass is 272 g/mol. The average molecular weight is 272 g/mol. The summed E-state index contributed by atoms with van der Waals surface area (Å²) < 4.78 is 26.4. The minimum Gasteiger partial charge on any atom is -0.332 e. The van der Waals surface area contributed by atoms with Gasteiger partial charge >= 0.3 is 0 Å². The van der Waals surface area contributed by atoms with Crippen molar-refractivity contribution < 1.29 is 8.42 Å². The number of rotatable bonds is 7. The smallest absolute Gasteiger partial charge is 0.257 e. The maximum Gasteiger partial charge on any atom is 0.257 e. The van der Waals surface area contributed by atoms with Gasteiger partial charge in [-0.1, -0.05) is 6.92 Å². The molecule has 1 aliphatic rings. The highest BCUT2D eigenvalue weighted by Gasteiger charge is 2.26. The number of aromatic nitrogens is 2. The van der Waals surface area contributed by atoms with Crippen LogP contribution in [0.3, 0.4) is 0 Å². The number of sulfonamides is 1. The van der Waals surface area contributed by atoms with Crippen LogP contribution in [0.25, 0.3) is 0 Å². The Morgan fingerprint density at radius 3 is 2.83 bits per heavy atom. The predicted octanol–water partition coefficient (Wildman–Crippen LogP) is 0.345. The van der Waals surface area contributed by atoms with Gasteiger partial charge in [0.2, 0.25) is 0 Å². The van der Waals surface area contributed by atoms with Gasteiger partial charge in [-0.3, -0.25) is 0 Å².